The van der Waals surface area contributed by atoms with Gasteiger partial charge in [-0.3, -0.25) is 0 Å². The van der Waals surface area contributed by atoms with Gasteiger partial charge in [0, 0.05) is 0 Å². The fourth-order valence-electron chi connectivity index (χ4n) is 5.85. The van der Waals surface area contributed by atoms with Gasteiger partial charge in [0.2, 0.25) is 5.82 Å². The molecular formula is C26H29F5. The summed E-state index contributed by atoms with van der Waals surface area (Å²) < 4.78 is 69.3. The summed E-state index contributed by atoms with van der Waals surface area (Å²) in [6, 6.07) is 6.58. The second-order valence-electron chi connectivity index (χ2n) is 9.42. The molecule has 2 fully saturated rings. The summed E-state index contributed by atoms with van der Waals surface area (Å²) in [5, 5.41) is 0. The van der Waals surface area contributed by atoms with Gasteiger partial charge in [-0.05, 0) is 66.9 Å². The van der Waals surface area contributed by atoms with Crippen LogP contribution in [0.15, 0.2) is 24.3 Å². The summed E-state index contributed by atoms with van der Waals surface area (Å²) in [4.78, 5) is 0. The molecule has 4 atom stereocenters. The molecule has 0 aromatic heterocycles. The molecule has 5 heteroatoms. The molecule has 2 aromatic rings. The molecule has 2 aliphatic rings. The molecule has 0 spiro atoms. The molecule has 2 aliphatic carbocycles. The first kappa shape index (κ1) is 22.3. The maximum atomic E-state index is 14.3. The average Bonchev–Trinajstić information content (AvgIpc) is 2.80. The highest BCUT2D eigenvalue weighted by Gasteiger charge is 2.36. The van der Waals surface area contributed by atoms with Crippen molar-refractivity contribution < 1.29 is 22.0 Å². The molecule has 0 heterocycles. The molecule has 0 radical (unpaired) electrons. The van der Waals surface area contributed by atoms with E-state index in [9.17, 15) is 22.0 Å². The van der Waals surface area contributed by atoms with E-state index in [2.05, 4.69) is 6.92 Å². The maximum absolute atomic E-state index is 14.3. The highest BCUT2D eigenvalue weighted by molar-refractivity contribution is 5.66. The van der Waals surface area contributed by atoms with E-state index in [4.69, 9.17) is 0 Å². The Morgan fingerprint density at radius 1 is 0.774 bits per heavy atom. The Labute approximate surface area is 180 Å². The normalized spacial score (nSPS) is 26.0. The number of unbranched alkanes of at least 4 members (excludes halogenated alkanes) is 1. The van der Waals surface area contributed by atoms with Crippen molar-refractivity contribution in [3.63, 3.8) is 0 Å². The molecule has 2 aromatic carbocycles. The Balaban J connectivity index is 1.53. The zero-order valence-electron chi connectivity index (χ0n) is 17.9. The molecule has 0 bridgehead atoms. The average molecular weight is 437 g/mol. The van der Waals surface area contributed by atoms with Crippen molar-refractivity contribution in [3.05, 3.63) is 58.9 Å². The summed E-state index contributed by atoms with van der Waals surface area (Å²) >= 11 is 0. The fraction of sp³-hybridized carbons (Fsp3) is 0.538. The highest BCUT2D eigenvalue weighted by atomic mass is 19.2. The number of rotatable bonds is 5. The molecule has 0 N–H and O–H groups in total. The smallest absolute Gasteiger partial charge is 0.200 e. The lowest BCUT2D eigenvalue weighted by Gasteiger charge is -2.42. The van der Waals surface area contributed by atoms with Gasteiger partial charge in [-0.15, -0.1) is 0 Å². The number of fused-ring (bicyclic) bond motifs is 1. The molecule has 0 saturated heterocycles. The minimum atomic E-state index is -2.12. The van der Waals surface area contributed by atoms with Crippen LogP contribution in [0.1, 0.15) is 76.2 Å². The first-order chi connectivity index (χ1) is 14.9. The van der Waals surface area contributed by atoms with E-state index in [1.807, 2.05) is 6.07 Å². The van der Waals surface area contributed by atoms with E-state index >= 15 is 0 Å². The van der Waals surface area contributed by atoms with Gasteiger partial charge in [0.1, 0.15) is 0 Å². The Kier molecular flexibility index (Phi) is 6.68. The zero-order valence-corrected chi connectivity index (χ0v) is 17.9. The monoisotopic (exact) mass is 436 g/mol. The van der Waals surface area contributed by atoms with Gasteiger partial charge in [0.15, 0.2) is 23.3 Å². The summed E-state index contributed by atoms with van der Waals surface area (Å²) in [5.41, 5.74) is 0.118. The van der Waals surface area contributed by atoms with Crippen LogP contribution in [0.25, 0.3) is 11.1 Å². The summed E-state index contributed by atoms with van der Waals surface area (Å²) in [6.07, 6.45) is 10.9. The third-order valence-electron chi connectivity index (χ3n) is 7.54. The molecule has 0 nitrogen and oxygen atoms in total. The number of benzene rings is 2. The first-order valence-electron chi connectivity index (χ1n) is 11.5. The molecular weight excluding hydrogens is 407 g/mol. The molecule has 168 valence electrons. The lowest BCUT2D eigenvalue weighted by atomic mass is 9.63. The third kappa shape index (κ3) is 4.38. The van der Waals surface area contributed by atoms with Crippen molar-refractivity contribution >= 4 is 0 Å². The van der Waals surface area contributed by atoms with Crippen LogP contribution in [0.4, 0.5) is 22.0 Å². The van der Waals surface area contributed by atoms with Crippen LogP contribution in [-0.4, -0.2) is 0 Å². The van der Waals surface area contributed by atoms with Crippen LogP contribution < -0.4 is 0 Å². The predicted molar refractivity (Wildman–Crippen MR) is 112 cm³/mol. The number of hydrogen-bond acceptors (Lipinski definition) is 0. The van der Waals surface area contributed by atoms with E-state index in [1.54, 1.807) is 12.1 Å². The summed E-state index contributed by atoms with van der Waals surface area (Å²) in [7, 11) is 0. The predicted octanol–water partition coefficient (Wildman–Crippen LogP) is 8.54. The zero-order chi connectivity index (χ0) is 22.1. The van der Waals surface area contributed by atoms with Crippen LogP contribution in [0.3, 0.4) is 0 Å². The number of halogens is 5. The topological polar surface area (TPSA) is 0 Å². The summed E-state index contributed by atoms with van der Waals surface area (Å²) in [6.45, 7) is 2.23. The van der Waals surface area contributed by atoms with Crippen LogP contribution >= 0.6 is 0 Å². The Morgan fingerprint density at radius 3 is 2.13 bits per heavy atom. The van der Waals surface area contributed by atoms with Crippen LogP contribution in [-0.2, 0) is 0 Å². The quantitative estimate of drug-likeness (QED) is 0.250. The van der Waals surface area contributed by atoms with Gasteiger partial charge in [-0.2, -0.15) is 0 Å². The van der Waals surface area contributed by atoms with Crippen molar-refractivity contribution in [2.45, 2.75) is 70.6 Å². The molecule has 0 aliphatic heterocycles. The van der Waals surface area contributed by atoms with Gasteiger partial charge in [0.25, 0.3) is 0 Å². The van der Waals surface area contributed by atoms with Crippen LogP contribution in [0.5, 0.6) is 0 Å². The fourth-order valence-corrected chi connectivity index (χ4v) is 5.85. The second-order valence-corrected chi connectivity index (χ2v) is 9.42. The largest absolute Gasteiger partial charge is 0.203 e. The summed E-state index contributed by atoms with van der Waals surface area (Å²) in [5.74, 6) is -6.96. The van der Waals surface area contributed by atoms with Crippen LogP contribution in [0.2, 0.25) is 0 Å². The van der Waals surface area contributed by atoms with Gasteiger partial charge in [-0.25, -0.2) is 22.0 Å². The Hall–Kier alpha value is -1.91. The molecule has 0 amide bonds. The van der Waals surface area contributed by atoms with Crippen molar-refractivity contribution in [1.29, 1.82) is 0 Å². The van der Waals surface area contributed by atoms with E-state index in [1.165, 1.54) is 44.6 Å². The Morgan fingerprint density at radius 2 is 1.42 bits per heavy atom. The van der Waals surface area contributed by atoms with E-state index in [0.29, 0.717) is 5.92 Å². The van der Waals surface area contributed by atoms with Crippen molar-refractivity contribution in [2.75, 3.05) is 0 Å². The van der Waals surface area contributed by atoms with Crippen LogP contribution in [0, 0.1) is 46.8 Å². The van der Waals surface area contributed by atoms with Gasteiger partial charge >= 0.3 is 0 Å². The minimum absolute atomic E-state index is 0.0377. The Bertz CT molecular complexity index is 909. The third-order valence-corrected chi connectivity index (χ3v) is 7.54. The van der Waals surface area contributed by atoms with Crippen molar-refractivity contribution in [2.24, 2.45) is 17.8 Å². The lowest BCUT2D eigenvalue weighted by Crippen LogP contribution is -2.30. The molecule has 2 saturated carbocycles. The van der Waals surface area contributed by atoms with Crippen molar-refractivity contribution in [1.82, 2.24) is 0 Å². The second kappa shape index (κ2) is 9.30. The molecule has 31 heavy (non-hydrogen) atoms. The van der Waals surface area contributed by atoms with Crippen molar-refractivity contribution in [3.8, 4) is 11.1 Å². The standard InChI is InChI=1S/C26H29F5/c1-2-3-5-15-8-9-18-13-19(11-10-17(18)12-15)16-6-4-7-20(14-16)21-22(27)24(29)26(31)25(30)23(21)28/h4,6-7,14-15,17-19H,2-3,5,8-13H2,1H3. The van der Waals surface area contributed by atoms with Gasteiger partial charge < -0.3 is 0 Å². The maximum Gasteiger partial charge on any atom is 0.200 e. The number of hydrogen-bond donors (Lipinski definition) is 0. The molecule has 4 unspecified atom stereocenters. The molecule has 4 rings (SSSR count). The SMILES string of the molecule is CCCCC1CCC2CC(c3cccc(-c4c(F)c(F)c(F)c(F)c4F)c3)CCC2C1. The van der Waals surface area contributed by atoms with E-state index < -0.39 is 34.6 Å². The first-order valence-corrected chi connectivity index (χ1v) is 11.5. The van der Waals surface area contributed by atoms with E-state index in [-0.39, 0.29) is 11.5 Å². The highest BCUT2D eigenvalue weighted by Crippen LogP contribution is 2.48. The van der Waals surface area contributed by atoms with Gasteiger partial charge in [-0.1, -0.05) is 56.9 Å². The lowest BCUT2D eigenvalue weighted by molar-refractivity contribution is 0.113. The minimum Gasteiger partial charge on any atom is -0.203 e. The van der Waals surface area contributed by atoms with E-state index in [0.717, 1.165) is 36.7 Å². The van der Waals surface area contributed by atoms with Gasteiger partial charge in [0.05, 0.1) is 5.56 Å².